The molecule has 2 atom stereocenters. The summed E-state index contributed by atoms with van der Waals surface area (Å²) >= 11 is 0. The van der Waals surface area contributed by atoms with E-state index in [9.17, 15) is 9.59 Å². The van der Waals surface area contributed by atoms with Crippen LogP contribution in [0.1, 0.15) is 34.1 Å². The Morgan fingerprint density at radius 3 is 2.58 bits per heavy atom. The van der Waals surface area contributed by atoms with Crippen molar-refractivity contribution >= 4 is 11.8 Å². The molecule has 0 heterocycles. The van der Waals surface area contributed by atoms with Crippen LogP contribution in [0.15, 0.2) is 23.1 Å². The second kappa shape index (κ2) is 5.47. The van der Waals surface area contributed by atoms with Gasteiger partial charge in [0.1, 0.15) is 5.76 Å². The fraction of sp³-hybridized carbons (Fsp3) is 0.571. The highest BCUT2D eigenvalue weighted by molar-refractivity contribution is 6.06. The van der Waals surface area contributed by atoms with Gasteiger partial charge in [-0.25, -0.2) is 0 Å². The van der Waals surface area contributed by atoms with Crippen molar-refractivity contribution in [1.29, 1.82) is 0 Å². The van der Waals surface area contributed by atoms with Crippen molar-refractivity contribution < 1.29 is 19.1 Å². The van der Waals surface area contributed by atoms with E-state index in [0.717, 1.165) is 0 Å². The van der Waals surface area contributed by atoms with Gasteiger partial charge in [0, 0.05) is 11.6 Å². The molecule has 0 amide bonds. The van der Waals surface area contributed by atoms with Crippen LogP contribution in [0.2, 0.25) is 0 Å². The minimum Gasteiger partial charge on any atom is -0.496 e. The van der Waals surface area contributed by atoms with Crippen LogP contribution in [0.3, 0.4) is 0 Å². The number of rotatable bonds is 4. The van der Waals surface area contributed by atoms with Gasteiger partial charge in [-0.2, -0.15) is 0 Å². The van der Waals surface area contributed by atoms with Crippen LogP contribution in [-0.4, -0.2) is 24.5 Å². The van der Waals surface area contributed by atoms with Crippen molar-refractivity contribution in [3.8, 4) is 0 Å². The number of esters is 1. The first kappa shape index (κ1) is 15.3. The summed E-state index contributed by atoms with van der Waals surface area (Å²) in [6.45, 7) is 6.77. The maximum absolute atomic E-state index is 12.3. The molecule has 2 unspecified atom stereocenters. The lowest BCUT2D eigenvalue weighted by Gasteiger charge is -2.33. The summed E-state index contributed by atoms with van der Waals surface area (Å²) in [6, 6.07) is 0. The Morgan fingerprint density at radius 2 is 2.11 bits per heavy atom. The number of hydrogen-bond donors (Lipinski definition) is 1. The van der Waals surface area contributed by atoms with Crippen molar-refractivity contribution in [2.24, 2.45) is 11.7 Å². The quantitative estimate of drug-likeness (QED) is 0.784. The van der Waals surface area contributed by atoms with E-state index in [-0.39, 0.29) is 17.4 Å². The smallest absolute Gasteiger partial charge is 0.310 e. The van der Waals surface area contributed by atoms with Crippen LogP contribution in [0.4, 0.5) is 0 Å². The van der Waals surface area contributed by atoms with E-state index in [1.54, 1.807) is 13.8 Å². The monoisotopic (exact) mass is 267 g/mol. The molecule has 106 valence electrons. The summed E-state index contributed by atoms with van der Waals surface area (Å²) in [4.78, 5) is 24.2. The van der Waals surface area contributed by atoms with Gasteiger partial charge in [-0.1, -0.05) is 13.8 Å². The Kier molecular flexibility index (Phi) is 4.39. The largest absolute Gasteiger partial charge is 0.496 e. The predicted octanol–water partition coefficient (Wildman–Crippen LogP) is 1.68. The van der Waals surface area contributed by atoms with Gasteiger partial charge >= 0.3 is 5.97 Å². The second-order valence-corrected chi connectivity index (χ2v) is 4.89. The summed E-state index contributed by atoms with van der Waals surface area (Å²) < 4.78 is 10.4. The maximum atomic E-state index is 12.3. The molecule has 0 radical (unpaired) electrons. The number of carbonyl (C=O) groups excluding carboxylic acids is 2. The van der Waals surface area contributed by atoms with Crippen LogP contribution in [0.5, 0.6) is 0 Å². The molecular weight excluding hydrogens is 246 g/mol. The van der Waals surface area contributed by atoms with E-state index in [0.29, 0.717) is 17.8 Å². The van der Waals surface area contributed by atoms with Crippen molar-refractivity contribution in [2.75, 3.05) is 7.11 Å². The number of allylic oxidation sites excluding steroid dienone is 1. The van der Waals surface area contributed by atoms with Gasteiger partial charge in [0.05, 0.1) is 18.7 Å². The number of nitrogens with two attached hydrogens (primary N) is 1. The van der Waals surface area contributed by atoms with Gasteiger partial charge in [-0.15, -0.1) is 0 Å². The lowest BCUT2D eigenvalue weighted by atomic mass is 9.86. The molecule has 0 bridgehead atoms. The third-order valence-electron chi connectivity index (χ3n) is 3.52. The molecule has 0 aromatic carbocycles. The zero-order valence-electron chi connectivity index (χ0n) is 12.1. The third kappa shape index (κ3) is 2.64. The molecule has 0 saturated heterocycles. The number of Topliss-reactive ketones (excluding diaryl/α,β-unsaturated/α-hetero) is 1. The predicted molar refractivity (Wildman–Crippen MR) is 70.9 cm³/mol. The molecule has 0 fully saturated rings. The molecule has 19 heavy (non-hydrogen) atoms. The molecule has 5 nitrogen and oxygen atoms in total. The first-order chi connectivity index (χ1) is 8.77. The number of ether oxygens (including phenoxy) is 2. The van der Waals surface area contributed by atoms with Crippen molar-refractivity contribution in [2.45, 2.75) is 39.7 Å². The van der Waals surface area contributed by atoms with E-state index in [1.807, 2.05) is 6.92 Å². The second-order valence-electron chi connectivity index (χ2n) is 4.89. The van der Waals surface area contributed by atoms with Gasteiger partial charge in [0.15, 0.2) is 0 Å². The van der Waals surface area contributed by atoms with Crippen molar-refractivity contribution in [1.82, 2.24) is 0 Å². The Bertz CT molecular complexity index is 460. The van der Waals surface area contributed by atoms with E-state index in [4.69, 9.17) is 15.2 Å². The van der Waals surface area contributed by atoms with Gasteiger partial charge in [-0.05, 0) is 20.3 Å². The Balaban J connectivity index is 3.08. The molecule has 1 aliphatic carbocycles. The van der Waals surface area contributed by atoms with Crippen molar-refractivity contribution in [3.63, 3.8) is 0 Å². The minimum atomic E-state index is -1.44. The number of hydrogen-bond acceptors (Lipinski definition) is 5. The molecular formula is C14H21NO4. The van der Waals surface area contributed by atoms with Crippen LogP contribution < -0.4 is 5.73 Å². The van der Waals surface area contributed by atoms with E-state index < -0.39 is 11.6 Å². The average molecular weight is 267 g/mol. The van der Waals surface area contributed by atoms with Crippen LogP contribution in [0.25, 0.3) is 0 Å². The molecule has 5 heteroatoms. The number of ketones is 1. The Morgan fingerprint density at radius 1 is 1.53 bits per heavy atom. The standard InChI is InChI=1S/C14H21NO4/c1-6-8(2)13(17)19-14(4)11(15)7-10(18-5)9(3)12(14)16/h7-8H,6,15H2,1-5H3. The van der Waals surface area contributed by atoms with Crippen LogP contribution in [0, 0.1) is 5.92 Å². The molecule has 0 aromatic heterocycles. The van der Waals surface area contributed by atoms with Crippen LogP contribution in [-0.2, 0) is 19.1 Å². The lowest BCUT2D eigenvalue weighted by molar-refractivity contribution is -0.164. The minimum absolute atomic E-state index is 0.177. The zero-order chi connectivity index (χ0) is 14.8. The summed E-state index contributed by atoms with van der Waals surface area (Å²) in [5.74, 6) is -0.644. The molecule has 1 rings (SSSR count). The highest BCUT2D eigenvalue weighted by Crippen LogP contribution is 2.31. The van der Waals surface area contributed by atoms with Gasteiger partial charge < -0.3 is 15.2 Å². The molecule has 0 saturated carbocycles. The zero-order valence-corrected chi connectivity index (χ0v) is 12.1. The van der Waals surface area contributed by atoms with E-state index in [2.05, 4.69) is 0 Å². The maximum Gasteiger partial charge on any atom is 0.310 e. The van der Waals surface area contributed by atoms with Crippen molar-refractivity contribution in [3.05, 3.63) is 23.1 Å². The highest BCUT2D eigenvalue weighted by Gasteiger charge is 2.44. The Labute approximate surface area is 113 Å². The summed E-state index contributed by atoms with van der Waals surface area (Å²) in [5, 5.41) is 0. The van der Waals surface area contributed by atoms with Crippen LogP contribution >= 0.6 is 0 Å². The molecule has 0 spiro atoms. The topological polar surface area (TPSA) is 78.6 Å². The van der Waals surface area contributed by atoms with E-state index in [1.165, 1.54) is 20.1 Å². The Hall–Kier alpha value is -1.78. The molecule has 0 aliphatic heterocycles. The fourth-order valence-corrected chi connectivity index (χ4v) is 1.77. The number of methoxy groups -OCH3 is 1. The first-order valence-electron chi connectivity index (χ1n) is 6.28. The van der Waals surface area contributed by atoms with Gasteiger partial charge in [0.25, 0.3) is 0 Å². The van der Waals surface area contributed by atoms with E-state index >= 15 is 0 Å². The fourth-order valence-electron chi connectivity index (χ4n) is 1.77. The molecule has 1 aliphatic rings. The lowest BCUT2D eigenvalue weighted by Crippen LogP contribution is -2.48. The highest BCUT2D eigenvalue weighted by atomic mass is 16.6. The average Bonchev–Trinajstić information content (AvgIpc) is 2.39. The summed E-state index contributed by atoms with van der Waals surface area (Å²) in [5.41, 5.74) is 5.01. The summed E-state index contributed by atoms with van der Waals surface area (Å²) in [7, 11) is 1.46. The van der Waals surface area contributed by atoms with Gasteiger partial charge in [-0.3, -0.25) is 9.59 Å². The number of carbonyl (C=O) groups is 2. The normalized spacial score (nSPS) is 24.9. The molecule has 2 N–H and O–H groups in total. The third-order valence-corrected chi connectivity index (χ3v) is 3.52. The SMILES string of the molecule is CCC(C)C(=O)OC1(C)C(=O)C(C)=C(OC)C=C1N. The van der Waals surface area contributed by atoms with Gasteiger partial charge in [0.2, 0.25) is 11.4 Å². The molecule has 0 aromatic rings. The first-order valence-corrected chi connectivity index (χ1v) is 6.28. The summed E-state index contributed by atoms with van der Waals surface area (Å²) in [6.07, 6.45) is 2.17.